The van der Waals surface area contributed by atoms with Gasteiger partial charge >= 0.3 is 11.6 Å². The molecule has 0 amide bonds. The van der Waals surface area contributed by atoms with Crippen molar-refractivity contribution < 1.29 is 27.5 Å². The van der Waals surface area contributed by atoms with Gasteiger partial charge in [-0.3, -0.25) is 9.00 Å². The summed E-state index contributed by atoms with van der Waals surface area (Å²) < 4.78 is 35.0. The number of nitrogens with one attached hydrogen (secondary N) is 1. The Balaban J connectivity index is 1.64. The zero-order valence-corrected chi connectivity index (χ0v) is 17.7. The van der Waals surface area contributed by atoms with Gasteiger partial charge in [0.15, 0.2) is 5.58 Å². The zero-order valence-electron chi connectivity index (χ0n) is 16.9. The molecule has 0 saturated heterocycles. The Hall–Kier alpha value is -3.70. The van der Waals surface area contributed by atoms with E-state index in [1.807, 2.05) is 18.0 Å². The molecule has 2 aromatic carbocycles. The minimum atomic E-state index is -2.47. The lowest BCUT2D eigenvalue weighted by Crippen LogP contribution is -2.19. The molecule has 32 heavy (non-hydrogen) atoms. The van der Waals surface area contributed by atoms with E-state index in [1.54, 1.807) is 24.3 Å². The van der Waals surface area contributed by atoms with Gasteiger partial charge in [-0.25, -0.2) is 9.78 Å². The molecular formula is C21H18N3O7S-. The third-order valence-electron chi connectivity index (χ3n) is 4.86. The Morgan fingerprint density at radius 1 is 1.19 bits per heavy atom. The number of oxazole rings is 1. The molecule has 0 aliphatic rings. The molecule has 0 bridgehead atoms. The number of rotatable bonds is 8. The number of benzene rings is 2. The third-order valence-corrected chi connectivity index (χ3v) is 5.27. The molecule has 11 heteroatoms. The fourth-order valence-electron chi connectivity index (χ4n) is 3.28. The van der Waals surface area contributed by atoms with Crippen LogP contribution in [0.3, 0.4) is 0 Å². The largest absolute Gasteiger partial charge is 0.755 e. The lowest BCUT2D eigenvalue weighted by Gasteiger charge is -2.19. The van der Waals surface area contributed by atoms with Gasteiger partial charge < -0.3 is 28.1 Å². The molecule has 4 aromatic rings. The summed E-state index contributed by atoms with van der Waals surface area (Å²) in [6.45, 7) is 0.541. The summed E-state index contributed by atoms with van der Waals surface area (Å²) in [6.07, 6.45) is 0.569. The number of fused-ring (bicyclic) bond motifs is 2. The molecule has 10 nitrogen and oxygen atoms in total. The maximum atomic E-state index is 12.6. The first kappa shape index (κ1) is 21.5. The highest BCUT2D eigenvalue weighted by atomic mass is 32.2. The van der Waals surface area contributed by atoms with Crippen molar-refractivity contribution in [1.82, 2.24) is 4.98 Å². The van der Waals surface area contributed by atoms with Gasteiger partial charge in [0, 0.05) is 60.2 Å². The number of hydrogen-bond acceptors (Lipinski definition) is 8. The number of carboxylic acids is 1. The van der Waals surface area contributed by atoms with Crippen molar-refractivity contribution in [3.8, 4) is 11.5 Å². The van der Waals surface area contributed by atoms with Crippen molar-refractivity contribution in [2.45, 2.75) is 12.8 Å². The lowest BCUT2D eigenvalue weighted by molar-refractivity contribution is -0.137. The summed E-state index contributed by atoms with van der Waals surface area (Å²) in [5.41, 5.74) is 1.75. The molecule has 2 heterocycles. The van der Waals surface area contributed by atoms with Crippen LogP contribution in [0.4, 0.5) is 11.4 Å². The molecule has 0 fully saturated rings. The number of nitrogens with zero attached hydrogens (tertiary/aromatic N) is 2. The fraction of sp³-hybridized carbons (Fsp3) is 0.190. The first-order valence-corrected chi connectivity index (χ1v) is 10.7. The van der Waals surface area contributed by atoms with Crippen LogP contribution in [0.15, 0.2) is 56.1 Å². The zero-order chi connectivity index (χ0) is 22.8. The van der Waals surface area contributed by atoms with Crippen LogP contribution in [-0.2, 0) is 16.1 Å². The number of carbonyl (C=O) groups is 1. The highest BCUT2D eigenvalue weighted by molar-refractivity contribution is 7.80. The second-order valence-electron chi connectivity index (χ2n) is 7.13. The van der Waals surface area contributed by atoms with Gasteiger partial charge in [-0.1, -0.05) is 0 Å². The van der Waals surface area contributed by atoms with Gasteiger partial charge in [-0.15, -0.1) is 0 Å². The summed E-state index contributed by atoms with van der Waals surface area (Å²) in [6, 6.07) is 11.5. The Morgan fingerprint density at radius 3 is 2.75 bits per heavy atom. The third kappa shape index (κ3) is 4.63. The SMILES string of the molecule is CN(CCCC(=O)O)c1ccc2cc(-c3nc4ccc(NS(=O)[O-])cc4o3)c(=O)oc2c1. The minimum Gasteiger partial charge on any atom is -0.755 e. The average Bonchev–Trinajstić information content (AvgIpc) is 3.15. The number of aromatic nitrogens is 1. The maximum absolute atomic E-state index is 12.6. The van der Waals surface area contributed by atoms with Crippen LogP contribution < -0.4 is 15.2 Å². The fourth-order valence-corrected chi connectivity index (χ4v) is 3.60. The van der Waals surface area contributed by atoms with E-state index in [2.05, 4.69) is 9.71 Å². The highest BCUT2D eigenvalue weighted by Crippen LogP contribution is 2.28. The van der Waals surface area contributed by atoms with Gasteiger partial charge in [0.05, 0.1) is 0 Å². The molecule has 1 unspecified atom stereocenters. The topological polar surface area (TPSA) is 149 Å². The van der Waals surface area contributed by atoms with E-state index in [0.29, 0.717) is 40.7 Å². The van der Waals surface area contributed by atoms with E-state index in [9.17, 15) is 18.4 Å². The predicted molar refractivity (Wildman–Crippen MR) is 118 cm³/mol. The van der Waals surface area contributed by atoms with Crippen LogP contribution in [0.5, 0.6) is 0 Å². The van der Waals surface area contributed by atoms with E-state index in [-0.39, 0.29) is 17.9 Å². The van der Waals surface area contributed by atoms with E-state index >= 15 is 0 Å². The molecule has 0 aliphatic carbocycles. The second kappa shape index (κ2) is 8.81. The summed E-state index contributed by atoms with van der Waals surface area (Å²) in [5.74, 6) is -0.784. The first-order valence-electron chi connectivity index (χ1n) is 9.58. The Bertz CT molecular complexity index is 1400. The van der Waals surface area contributed by atoms with Crippen LogP contribution in [0.2, 0.25) is 0 Å². The normalized spacial score (nSPS) is 12.2. The van der Waals surface area contributed by atoms with E-state index in [1.165, 1.54) is 12.1 Å². The molecular weight excluding hydrogens is 438 g/mol. The van der Waals surface area contributed by atoms with Gasteiger partial charge in [-0.2, -0.15) is 0 Å². The first-order chi connectivity index (χ1) is 15.3. The summed E-state index contributed by atoms with van der Waals surface area (Å²) in [4.78, 5) is 29.5. The van der Waals surface area contributed by atoms with Crippen LogP contribution >= 0.6 is 0 Å². The van der Waals surface area contributed by atoms with Gasteiger partial charge in [0.2, 0.25) is 5.89 Å². The molecule has 0 spiro atoms. The summed E-state index contributed by atoms with van der Waals surface area (Å²) in [5, 5.41) is 9.44. The second-order valence-corrected chi connectivity index (χ2v) is 7.80. The van der Waals surface area contributed by atoms with Crippen molar-refractivity contribution in [2.75, 3.05) is 23.2 Å². The van der Waals surface area contributed by atoms with Crippen LogP contribution in [0, 0.1) is 0 Å². The number of anilines is 2. The maximum Gasteiger partial charge on any atom is 0.349 e. The van der Waals surface area contributed by atoms with E-state index < -0.39 is 22.9 Å². The van der Waals surface area contributed by atoms with E-state index in [4.69, 9.17) is 13.9 Å². The molecule has 2 aromatic heterocycles. The van der Waals surface area contributed by atoms with Crippen molar-refractivity contribution >= 4 is 50.7 Å². The van der Waals surface area contributed by atoms with E-state index in [0.717, 1.165) is 5.69 Å². The molecule has 1 atom stereocenters. The minimum absolute atomic E-state index is 0.0610. The van der Waals surface area contributed by atoms with Crippen LogP contribution in [0.1, 0.15) is 12.8 Å². The quantitative estimate of drug-likeness (QED) is 0.301. The van der Waals surface area contributed by atoms with Crippen molar-refractivity contribution in [1.29, 1.82) is 0 Å². The highest BCUT2D eigenvalue weighted by Gasteiger charge is 2.16. The summed E-state index contributed by atoms with van der Waals surface area (Å²) in [7, 11) is 1.83. The van der Waals surface area contributed by atoms with Crippen LogP contribution in [0.25, 0.3) is 33.5 Å². The lowest BCUT2D eigenvalue weighted by atomic mass is 10.1. The average molecular weight is 456 g/mol. The Morgan fingerprint density at radius 2 is 2.00 bits per heavy atom. The molecule has 0 radical (unpaired) electrons. The van der Waals surface area contributed by atoms with Crippen molar-refractivity contribution in [2.24, 2.45) is 0 Å². The molecule has 166 valence electrons. The number of aliphatic carboxylic acids is 1. The Labute approximate surface area is 183 Å². The predicted octanol–water partition coefficient (Wildman–Crippen LogP) is 3.11. The monoisotopic (exact) mass is 456 g/mol. The van der Waals surface area contributed by atoms with Gasteiger partial charge in [0.1, 0.15) is 16.7 Å². The molecule has 0 aliphatic heterocycles. The molecule has 4 rings (SSSR count). The number of carboxylic acid groups (broad SMARTS) is 1. The number of hydrogen-bond donors (Lipinski definition) is 2. The van der Waals surface area contributed by atoms with Crippen LogP contribution in [-0.4, -0.2) is 38.4 Å². The standard InChI is InChI=1S/C21H19N3O7S/c1-24(8-2-3-19(25)26)14-6-4-12-9-15(21(27)31-17(12)11-14)20-22-16-7-5-13(23-32(28)29)10-18(16)30-20/h4-7,9-11,23H,2-3,8H2,1H3,(H,25,26)(H,28,29)/p-1. The van der Waals surface area contributed by atoms with Gasteiger partial charge in [0.25, 0.3) is 0 Å². The Kier molecular flexibility index (Phi) is 5.93. The van der Waals surface area contributed by atoms with Crippen molar-refractivity contribution in [3.63, 3.8) is 0 Å². The summed E-state index contributed by atoms with van der Waals surface area (Å²) >= 11 is -2.47. The van der Waals surface area contributed by atoms with Gasteiger partial charge in [-0.05, 0) is 36.8 Å². The molecule has 2 N–H and O–H groups in total. The molecule has 0 saturated carbocycles. The smallest absolute Gasteiger partial charge is 0.349 e. The van der Waals surface area contributed by atoms with Crippen molar-refractivity contribution in [3.05, 3.63) is 52.9 Å².